The molecule has 0 N–H and O–H groups in total. The number of anilines is 1. The van der Waals surface area contributed by atoms with Gasteiger partial charge in [0.25, 0.3) is 0 Å². The summed E-state index contributed by atoms with van der Waals surface area (Å²) in [6, 6.07) is 9.75. The van der Waals surface area contributed by atoms with Crippen molar-refractivity contribution in [3.8, 4) is 0 Å². The maximum Gasteiger partial charge on any atom is 0.165 e. The van der Waals surface area contributed by atoms with Gasteiger partial charge in [-0.15, -0.1) is 0 Å². The van der Waals surface area contributed by atoms with Crippen LogP contribution in [0.4, 0.5) is 5.69 Å². The fraction of sp³-hybridized carbons (Fsp3) is 0.625. The molecule has 2 nitrogen and oxygen atoms in total. The monoisotopic (exact) mass is 353 g/mol. The molecular weight excluding hydrogens is 318 g/mol. The number of benzene rings is 1. The van der Waals surface area contributed by atoms with Crippen LogP contribution in [0.1, 0.15) is 73.8 Å². The molecular formula is C24H35NO. The van der Waals surface area contributed by atoms with E-state index in [-0.39, 0.29) is 10.8 Å². The molecule has 26 heavy (non-hydrogen) atoms. The van der Waals surface area contributed by atoms with Crippen LogP contribution in [-0.4, -0.2) is 17.9 Å². The van der Waals surface area contributed by atoms with E-state index >= 15 is 0 Å². The highest BCUT2D eigenvalue weighted by Gasteiger charge is 2.64. The zero-order valence-electron chi connectivity index (χ0n) is 17.8. The third-order valence-corrected chi connectivity index (χ3v) is 7.44. The summed E-state index contributed by atoms with van der Waals surface area (Å²) in [5.41, 5.74) is 4.62. The van der Waals surface area contributed by atoms with Gasteiger partial charge < -0.3 is 4.90 Å². The molecule has 2 heteroatoms. The Morgan fingerprint density at radius 3 is 2.00 bits per heavy atom. The minimum atomic E-state index is -0.180. The second kappa shape index (κ2) is 6.25. The predicted molar refractivity (Wildman–Crippen MR) is 111 cm³/mol. The van der Waals surface area contributed by atoms with Gasteiger partial charge in [-0.3, -0.25) is 4.79 Å². The van der Waals surface area contributed by atoms with E-state index in [1.54, 1.807) is 0 Å². The zero-order valence-corrected chi connectivity index (χ0v) is 17.8. The molecule has 2 saturated carbocycles. The molecule has 2 fully saturated rings. The number of carbonyl (C=O) groups excluding carboxylic acids is 1. The summed E-state index contributed by atoms with van der Waals surface area (Å²) < 4.78 is 0. The van der Waals surface area contributed by atoms with E-state index in [2.05, 4.69) is 84.6 Å². The largest absolute Gasteiger partial charge is 0.367 e. The van der Waals surface area contributed by atoms with Gasteiger partial charge in [0.1, 0.15) is 0 Å². The number of hydrogen-bond acceptors (Lipinski definition) is 2. The standard InChI is InChI=1S/C24H35NO/c1-15(2)25(16(3)4)19-11-9-18(10-12-19)17(5)21-20-13-14-24(8,22(21)26)23(20,6)7/h9-12,15-16,20H,13-14H2,1-8H3. The molecule has 1 aromatic rings. The lowest BCUT2D eigenvalue weighted by molar-refractivity contribution is -0.125. The summed E-state index contributed by atoms with van der Waals surface area (Å²) in [4.78, 5) is 15.6. The molecule has 2 bridgehead atoms. The first-order valence-corrected chi connectivity index (χ1v) is 10.2. The maximum absolute atomic E-state index is 13.2. The van der Waals surface area contributed by atoms with Crippen molar-refractivity contribution in [3.63, 3.8) is 0 Å². The molecule has 0 aliphatic heterocycles. The van der Waals surface area contributed by atoms with E-state index in [9.17, 15) is 4.79 Å². The Kier molecular flexibility index (Phi) is 4.61. The van der Waals surface area contributed by atoms with E-state index in [1.165, 1.54) is 16.8 Å². The summed E-state index contributed by atoms with van der Waals surface area (Å²) in [6.07, 6.45) is 2.19. The van der Waals surface area contributed by atoms with Gasteiger partial charge in [0.05, 0.1) is 0 Å². The van der Waals surface area contributed by atoms with Gasteiger partial charge in [0.15, 0.2) is 5.78 Å². The lowest BCUT2D eigenvalue weighted by atomic mass is 9.70. The van der Waals surface area contributed by atoms with E-state index in [0.29, 0.717) is 23.8 Å². The fourth-order valence-electron chi connectivity index (χ4n) is 5.53. The number of ketones is 1. The highest BCUT2D eigenvalue weighted by Crippen LogP contribution is 2.66. The van der Waals surface area contributed by atoms with Crippen LogP contribution in [0.3, 0.4) is 0 Å². The Morgan fingerprint density at radius 1 is 1.04 bits per heavy atom. The lowest BCUT2D eigenvalue weighted by Crippen LogP contribution is -2.36. The fourth-order valence-corrected chi connectivity index (χ4v) is 5.53. The van der Waals surface area contributed by atoms with Crippen molar-refractivity contribution in [2.75, 3.05) is 4.90 Å². The third kappa shape index (κ3) is 2.56. The molecule has 2 aliphatic rings. The lowest BCUT2D eigenvalue weighted by Gasteiger charge is -2.33. The molecule has 0 saturated heterocycles. The average molecular weight is 354 g/mol. The smallest absolute Gasteiger partial charge is 0.165 e. The molecule has 2 atom stereocenters. The third-order valence-electron chi connectivity index (χ3n) is 7.44. The number of allylic oxidation sites excluding steroid dienone is 2. The van der Waals surface area contributed by atoms with Crippen LogP contribution in [0, 0.1) is 16.7 Å². The van der Waals surface area contributed by atoms with E-state index < -0.39 is 0 Å². The second-order valence-corrected chi connectivity index (χ2v) is 9.65. The van der Waals surface area contributed by atoms with Gasteiger partial charge in [0.2, 0.25) is 0 Å². The summed E-state index contributed by atoms with van der Waals surface area (Å²) >= 11 is 0. The van der Waals surface area contributed by atoms with Gasteiger partial charge in [0, 0.05) is 28.8 Å². The Bertz CT molecular complexity index is 730. The van der Waals surface area contributed by atoms with Crippen molar-refractivity contribution in [2.45, 2.75) is 80.3 Å². The van der Waals surface area contributed by atoms with Crippen molar-refractivity contribution < 1.29 is 4.79 Å². The van der Waals surface area contributed by atoms with Gasteiger partial charge in [-0.1, -0.05) is 32.9 Å². The summed E-state index contributed by atoms with van der Waals surface area (Å²) in [5, 5.41) is 0. The highest BCUT2D eigenvalue weighted by molar-refractivity contribution is 6.10. The summed E-state index contributed by atoms with van der Waals surface area (Å²) in [7, 11) is 0. The van der Waals surface area contributed by atoms with Crippen LogP contribution >= 0.6 is 0 Å². The zero-order chi connectivity index (χ0) is 19.4. The van der Waals surface area contributed by atoms with Crippen LogP contribution in [0.15, 0.2) is 29.8 Å². The first kappa shape index (κ1) is 19.2. The van der Waals surface area contributed by atoms with Gasteiger partial charge in [-0.25, -0.2) is 0 Å². The van der Waals surface area contributed by atoms with Crippen molar-refractivity contribution in [1.29, 1.82) is 0 Å². The Morgan fingerprint density at radius 2 is 1.58 bits per heavy atom. The number of nitrogens with zero attached hydrogens (tertiary/aromatic N) is 1. The minimum absolute atomic E-state index is 0.0761. The van der Waals surface area contributed by atoms with Crippen molar-refractivity contribution in [2.24, 2.45) is 16.7 Å². The Hall–Kier alpha value is -1.57. The van der Waals surface area contributed by atoms with Gasteiger partial charge in [-0.05, 0) is 82.1 Å². The van der Waals surface area contributed by atoms with Crippen LogP contribution in [0.2, 0.25) is 0 Å². The normalized spacial score (nSPS) is 29.0. The van der Waals surface area contributed by atoms with E-state index in [1.807, 2.05) is 0 Å². The van der Waals surface area contributed by atoms with E-state index in [4.69, 9.17) is 0 Å². The number of carbonyl (C=O) groups is 1. The molecule has 2 aliphatic carbocycles. The van der Waals surface area contributed by atoms with Gasteiger partial charge in [-0.2, -0.15) is 0 Å². The molecule has 3 rings (SSSR count). The van der Waals surface area contributed by atoms with Crippen LogP contribution in [0.5, 0.6) is 0 Å². The maximum atomic E-state index is 13.2. The first-order valence-electron chi connectivity index (χ1n) is 10.2. The quantitative estimate of drug-likeness (QED) is 0.609. The second-order valence-electron chi connectivity index (χ2n) is 9.65. The molecule has 0 radical (unpaired) electrons. The Balaban J connectivity index is 1.98. The summed E-state index contributed by atoms with van der Waals surface area (Å²) in [5.74, 6) is 0.800. The predicted octanol–water partition coefficient (Wildman–Crippen LogP) is 6.11. The van der Waals surface area contributed by atoms with Crippen molar-refractivity contribution >= 4 is 17.0 Å². The highest BCUT2D eigenvalue weighted by atomic mass is 16.1. The molecule has 2 unspecified atom stereocenters. The van der Waals surface area contributed by atoms with Crippen LogP contribution in [0.25, 0.3) is 5.57 Å². The van der Waals surface area contributed by atoms with Crippen LogP contribution in [-0.2, 0) is 4.79 Å². The minimum Gasteiger partial charge on any atom is -0.367 e. The Labute approximate surface area is 159 Å². The topological polar surface area (TPSA) is 20.3 Å². The van der Waals surface area contributed by atoms with Crippen molar-refractivity contribution in [1.82, 2.24) is 0 Å². The molecule has 1 aromatic carbocycles. The molecule has 0 spiro atoms. The number of Topliss-reactive ketones (excluding diaryl/α,β-unsaturated/α-hetero) is 1. The molecule has 0 amide bonds. The number of fused-ring (bicyclic) bond motifs is 2. The van der Waals surface area contributed by atoms with Crippen molar-refractivity contribution in [3.05, 3.63) is 35.4 Å². The molecule has 0 aromatic heterocycles. The van der Waals surface area contributed by atoms with Gasteiger partial charge >= 0.3 is 0 Å². The SMILES string of the molecule is CC(=C1C(=O)C2(C)CCC1C2(C)C)c1ccc(N(C(C)C)C(C)C)cc1. The molecule has 0 heterocycles. The average Bonchev–Trinajstić information content (AvgIpc) is 2.86. The molecule has 142 valence electrons. The van der Waals surface area contributed by atoms with E-state index in [0.717, 1.165) is 18.4 Å². The number of hydrogen-bond donors (Lipinski definition) is 0. The number of rotatable bonds is 4. The summed E-state index contributed by atoms with van der Waals surface area (Å²) in [6.45, 7) is 17.8. The first-order chi connectivity index (χ1) is 12.0. The van der Waals surface area contributed by atoms with Crippen LogP contribution < -0.4 is 4.90 Å².